The van der Waals surface area contributed by atoms with E-state index in [1.807, 2.05) is 30.3 Å². The number of ether oxygens (including phenoxy) is 2. The average molecular weight is 436 g/mol. The van der Waals surface area contributed by atoms with E-state index in [1.54, 1.807) is 30.5 Å². The molecule has 7 nitrogen and oxygen atoms in total. The van der Waals surface area contributed by atoms with Crippen molar-refractivity contribution in [2.75, 3.05) is 13.2 Å². The summed E-state index contributed by atoms with van der Waals surface area (Å²) in [5.41, 5.74) is 1.20. The Balaban J connectivity index is 1.54. The van der Waals surface area contributed by atoms with Crippen molar-refractivity contribution in [2.45, 2.75) is 17.4 Å². The highest BCUT2D eigenvalue weighted by Gasteiger charge is 2.28. The molecule has 1 atom stereocenters. The van der Waals surface area contributed by atoms with E-state index in [0.717, 1.165) is 11.8 Å². The first-order chi connectivity index (χ1) is 15.1. The molecule has 0 radical (unpaired) electrons. The number of nitrogens with one attached hydrogen (secondary N) is 1. The van der Waals surface area contributed by atoms with Crippen LogP contribution in [0.1, 0.15) is 23.9 Å². The summed E-state index contributed by atoms with van der Waals surface area (Å²) in [6.45, 7) is 1.00. The summed E-state index contributed by atoms with van der Waals surface area (Å²) in [4.78, 5) is 4.43. The van der Waals surface area contributed by atoms with Crippen molar-refractivity contribution in [1.82, 2.24) is 9.71 Å². The van der Waals surface area contributed by atoms with E-state index in [0.29, 0.717) is 41.7 Å². The molecule has 4 aromatic rings. The van der Waals surface area contributed by atoms with Gasteiger partial charge in [-0.1, -0.05) is 24.3 Å². The maximum Gasteiger partial charge on any atom is 0.241 e. The van der Waals surface area contributed by atoms with Gasteiger partial charge in [-0.05, 0) is 36.4 Å². The van der Waals surface area contributed by atoms with Crippen molar-refractivity contribution in [3.05, 3.63) is 84.4 Å². The lowest BCUT2D eigenvalue weighted by Crippen LogP contribution is -2.29. The first-order valence-corrected chi connectivity index (χ1v) is 11.4. The molecule has 2 aromatic heterocycles. The zero-order chi connectivity index (χ0) is 21.3. The average Bonchev–Trinajstić information content (AvgIpc) is 3.08. The molecule has 0 bridgehead atoms. The van der Waals surface area contributed by atoms with Crippen molar-refractivity contribution >= 4 is 21.0 Å². The number of nitrogens with zero attached hydrogens (tertiary/aromatic N) is 1. The van der Waals surface area contributed by atoms with E-state index >= 15 is 0 Å². The van der Waals surface area contributed by atoms with Crippen LogP contribution in [0.4, 0.5) is 0 Å². The van der Waals surface area contributed by atoms with Gasteiger partial charge in [0.05, 0.1) is 23.8 Å². The summed E-state index contributed by atoms with van der Waals surface area (Å²) in [5.74, 6) is 1.41. The second-order valence-electron chi connectivity index (χ2n) is 7.15. The number of fused-ring (bicyclic) bond motifs is 2. The monoisotopic (exact) mass is 436 g/mol. The largest absolute Gasteiger partial charge is 0.490 e. The highest BCUT2D eigenvalue weighted by Crippen LogP contribution is 2.33. The predicted octanol–water partition coefficient (Wildman–Crippen LogP) is 4.06. The van der Waals surface area contributed by atoms with E-state index in [-0.39, 0.29) is 4.90 Å². The molecular formula is C23H20N2O5S. The van der Waals surface area contributed by atoms with Crippen LogP contribution in [0.15, 0.2) is 82.2 Å². The van der Waals surface area contributed by atoms with Gasteiger partial charge in [-0.3, -0.25) is 4.98 Å². The Morgan fingerprint density at radius 1 is 0.903 bits per heavy atom. The minimum Gasteiger partial charge on any atom is -0.490 e. The molecule has 0 spiro atoms. The van der Waals surface area contributed by atoms with Gasteiger partial charge in [0.2, 0.25) is 10.0 Å². The number of hydrogen-bond acceptors (Lipinski definition) is 6. The molecule has 0 amide bonds. The fourth-order valence-electron chi connectivity index (χ4n) is 3.49. The molecule has 158 valence electrons. The van der Waals surface area contributed by atoms with Crippen LogP contribution in [-0.4, -0.2) is 26.6 Å². The third kappa shape index (κ3) is 3.99. The highest BCUT2D eigenvalue weighted by atomic mass is 32.2. The quantitative estimate of drug-likeness (QED) is 0.507. The molecule has 0 aliphatic carbocycles. The molecule has 0 fully saturated rings. The van der Waals surface area contributed by atoms with Gasteiger partial charge >= 0.3 is 0 Å². The predicted molar refractivity (Wildman–Crippen MR) is 115 cm³/mol. The van der Waals surface area contributed by atoms with Gasteiger partial charge in [0.25, 0.3) is 0 Å². The summed E-state index contributed by atoms with van der Waals surface area (Å²) in [7, 11) is -3.92. The summed E-state index contributed by atoms with van der Waals surface area (Å²) >= 11 is 0. The van der Waals surface area contributed by atoms with Crippen LogP contribution in [0.2, 0.25) is 0 Å². The van der Waals surface area contributed by atoms with Gasteiger partial charge in [-0.25, -0.2) is 8.42 Å². The van der Waals surface area contributed by atoms with Gasteiger partial charge in [-0.2, -0.15) is 4.72 Å². The van der Waals surface area contributed by atoms with Gasteiger partial charge < -0.3 is 13.9 Å². The number of para-hydroxylation sites is 1. The number of sulfonamides is 1. The zero-order valence-corrected chi connectivity index (χ0v) is 17.3. The first-order valence-electron chi connectivity index (χ1n) is 9.91. The molecule has 1 aliphatic heterocycles. The molecule has 31 heavy (non-hydrogen) atoms. The molecule has 5 rings (SSSR count). The molecular weight excluding hydrogens is 416 g/mol. The Kier molecular flexibility index (Phi) is 5.09. The number of aromatic nitrogens is 1. The maximum atomic E-state index is 13.3. The van der Waals surface area contributed by atoms with Crippen LogP contribution in [-0.2, 0) is 10.0 Å². The minimum atomic E-state index is -3.92. The standard InChI is InChI=1S/C23H20N2O5S/c26-31(27,17-9-10-20-21(15-17)29-13-5-12-28-20)25-23(18-7-3-4-11-24-18)22-14-16-6-1-2-8-19(16)30-22/h1-4,6-11,14-15,23,25H,5,12-13H2/t23-/m1/s1. The van der Waals surface area contributed by atoms with Crippen LogP contribution in [0, 0.1) is 0 Å². The van der Waals surface area contributed by atoms with Crippen LogP contribution >= 0.6 is 0 Å². The molecule has 1 aliphatic rings. The lowest BCUT2D eigenvalue weighted by Gasteiger charge is -2.17. The van der Waals surface area contributed by atoms with Crippen molar-refractivity contribution < 1.29 is 22.3 Å². The van der Waals surface area contributed by atoms with Crippen LogP contribution in [0.25, 0.3) is 11.0 Å². The van der Waals surface area contributed by atoms with Crippen LogP contribution in [0.3, 0.4) is 0 Å². The topological polar surface area (TPSA) is 90.7 Å². The first kappa shape index (κ1) is 19.6. The highest BCUT2D eigenvalue weighted by molar-refractivity contribution is 7.89. The van der Waals surface area contributed by atoms with E-state index < -0.39 is 16.1 Å². The zero-order valence-electron chi connectivity index (χ0n) is 16.5. The fourth-order valence-corrected chi connectivity index (χ4v) is 4.68. The molecule has 8 heteroatoms. The second kappa shape index (κ2) is 8.05. The van der Waals surface area contributed by atoms with Crippen molar-refractivity contribution in [1.29, 1.82) is 0 Å². The summed E-state index contributed by atoms with van der Waals surface area (Å²) in [6, 6.07) is 18.5. The second-order valence-corrected chi connectivity index (χ2v) is 8.87. The van der Waals surface area contributed by atoms with Gasteiger partial charge in [0.1, 0.15) is 17.4 Å². The Bertz CT molecular complexity index is 1290. The lowest BCUT2D eigenvalue weighted by molar-refractivity contribution is 0.297. The van der Waals surface area contributed by atoms with Gasteiger partial charge in [0.15, 0.2) is 11.5 Å². The van der Waals surface area contributed by atoms with Crippen molar-refractivity contribution in [3.8, 4) is 11.5 Å². The Labute approximate surface area is 179 Å². The van der Waals surface area contributed by atoms with E-state index in [2.05, 4.69) is 9.71 Å². The molecule has 0 saturated carbocycles. The van der Waals surface area contributed by atoms with Gasteiger partial charge in [0, 0.05) is 24.1 Å². The lowest BCUT2D eigenvalue weighted by atomic mass is 10.1. The third-order valence-corrected chi connectivity index (χ3v) is 6.44. The Hall–Kier alpha value is -3.36. The Morgan fingerprint density at radius 3 is 2.52 bits per heavy atom. The fraction of sp³-hybridized carbons (Fsp3) is 0.174. The normalized spacial score (nSPS) is 14.8. The minimum absolute atomic E-state index is 0.0776. The smallest absolute Gasteiger partial charge is 0.241 e. The van der Waals surface area contributed by atoms with Crippen molar-refractivity contribution in [3.63, 3.8) is 0 Å². The molecule has 0 saturated heterocycles. The third-order valence-electron chi connectivity index (χ3n) is 5.01. The number of pyridine rings is 1. The van der Waals surface area contributed by atoms with Crippen LogP contribution in [0.5, 0.6) is 11.5 Å². The van der Waals surface area contributed by atoms with Crippen molar-refractivity contribution in [2.24, 2.45) is 0 Å². The number of rotatable bonds is 5. The summed E-state index contributed by atoms with van der Waals surface area (Å²) in [6.07, 6.45) is 2.36. The number of furan rings is 1. The number of hydrogen-bond donors (Lipinski definition) is 1. The molecule has 1 N–H and O–H groups in total. The summed E-state index contributed by atoms with van der Waals surface area (Å²) in [5, 5.41) is 0.883. The van der Waals surface area contributed by atoms with E-state index in [4.69, 9.17) is 13.9 Å². The molecule has 2 aromatic carbocycles. The SMILES string of the molecule is O=S(=O)(N[C@H](c1ccccn1)c1cc2ccccc2o1)c1ccc2c(c1)OCCCO2. The Morgan fingerprint density at radius 2 is 1.71 bits per heavy atom. The van der Waals surface area contributed by atoms with E-state index in [9.17, 15) is 8.42 Å². The molecule has 0 unspecified atom stereocenters. The van der Waals surface area contributed by atoms with E-state index in [1.165, 1.54) is 12.1 Å². The molecule has 3 heterocycles. The maximum absolute atomic E-state index is 13.3. The van der Waals surface area contributed by atoms with Crippen LogP contribution < -0.4 is 14.2 Å². The van der Waals surface area contributed by atoms with Gasteiger partial charge in [-0.15, -0.1) is 0 Å². The number of benzene rings is 2. The summed E-state index contributed by atoms with van der Waals surface area (Å²) < 4.78 is 46.6.